The van der Waals surface area contributed by atoms with Crippen LogP contribution in [0.5, 0.6) is 0 Å². The molecule has 7 heteroatoms. The van der Waals surface area contributed by atoms with Crippen LogP contribution < -0.4 is 11.1 Å². The molecule has 0 spiro atoms. The summed E-state index contributed by atoms with van der Waals surface area (Å²) in [5, 5.41) is 2.15. The molecule has 5 nitrogen and oxygen atoms in total. The molecule has 1 atom stereocenters. The summed E-state index contributed by atoms with van der Waals surface area (Å²) in [4.78, 5) is 25.4. The van der Waals surface area contributed by atoms with E-state index in [-0.39, 0.29) is 24.9 Å². The van der Waals surface area contributed by atoms with Crippen LogP contribution in [-0.4, -0.2) is 35.8 Å². The number of likely N-dealkylation sites (N-methyl/N-ethyl adjacent to an activating group) is 1. The Morgan fingerprint density at radius 2 is 1.83 bits per heavy atom. The second-order valence-electron chi connectivity index (χ2n) is 5.73. The van der Waals surface area contributed by atoms with Crippen LogP contribution in [0.3, 0.4) is 0 Å². The van der Waals surface area contributed by atoms with Gasteiger partial charge in [0, 0.05) is 6.54 Å². The number of para-hydroxylation sites is 1. The topological polar surface area (TPSA) is 75.4 Å². The lowest BCUT2D eigenvalue weighted by molar-refractivity contribution is -0.135. The molecular weight excluding hydrogens is 304 g/mol. The van der Waals surface area contributed by atoms with Gasteiger partial charge in [-0.15, -0.1) is 0 Å². The van der Waals surface area contributed by atoms with E-state index in [4.69, 9.17) is 5.73 Å². The number of anilines is 1. The van der Waals surface area contributed by atoms with E-state index in [0.29, 0.717) is 6.42 Å². The number of nitrogens with one attached hydrogen (secondary N) is 1. The van der Waals surface area contributed by atoms with Crippen molar-refractivity contribution < 1.29 is 18.4 Å². The minimum atomic E-state index is -0.871. The van der Waals surface area contributed by atoms with Gasteiger partial charge in [-0.3, -0.25) is 9.59 Å². The van der Waals surface area contributed by atoms with E-state index in [1.54, 1.807) is 6.92 Å². The summed E-state index contributed by atoms with van der Waals surface area (Å²) in [6, 6.07) is 2.58. The van der Waals surface area contributed by atoms with Gasteiger partial charge in [0.05, 0.1) is 12.6 Å². The summed E-state index contributed by atoms with van der Waals surface area (Å²) < 4.78 is 27.0. The zero-order chi connectivity index (χ0) is 17.6. The van der Waals surface area contributed by atoms with Crippen LogP contribution >= 0.6 is 0 Å². The maximum absolute atomic E-state index is 13.5. The van der Waals surface area contributed by atoms with Crippen LogP contribution in [0.15, 0.2) is 18.2 Å². The van der Waals surface area contributed by atoms with Crippen molar-refractivity contribution in [1.29, 1.82) is 0 Å². The number of hydrogen-bond acceptors (Lipinski definition) is 3. The summed E-state index contributed by atoms with van der Waals surface area (Å²) in [6.07, 6.45) is 0.499. The SMILES string of the molecule is CCN(CC(=O)Nc1c(F)cccc1F)C(=O)[C@@H](N)CC(C)C. The lowest BCUT2D eigenvalue weighted by atomic mass is 10.0. The number of hydrogen-bond donors (Lipinski definition) is 2. The Labute approximate surface area is 134 Å². The van der Waals surface area contributed by atoms with Gasteiger partial charge in [0.2, 0.25) is 11.8 Å². The number of amides is 2. The van der Waals surface area contributed by atoms with Gasteiger partial charge in [0.1, 0.15) is 17.3 Å². The lowest BCUT2D eigenvalue weighted by Crippen LogP contribution is -2.47. The Kier molecular flexibility index (Phi) is 7.09. The summed E-state index contributed by atoms with van der Waals surface area (Å²) in [5.74, 6) is -2.53. The largest absolute Gasteiger partial charge is 0.332 e. The molecule has 0 aromatic heterocycles. The third-order valence-electron chi connectivity index (χ3n) is 3.30. The summed E-state index contributed by atoms with van der Waals surface area (Å²) in [5.41, 5.74) is 5.31. The van der Waals surface area contributed by atoms with E-state index >= 15 is 0 Å². The molecule has 2 amide bonds. The fourth-order valence-electron chi connectivity index (χ4n) is 2.16. The molecule has 1 aromatic rings. The van der Waals surface area contributed by atoms with Gasteiger partial charge >= 0.3 is 0 Å². The third-order valence-corrected chi connectivity index (χ3v) is 3.30. The molecule has 0 aliphatic rings. The van der Waals surface area contributed by atoms with E-state index in [9.17, 15) is 18.4 Å². The number of carbonyl (C=O) groups excluding carboxylic acids is 2. The maximum Gasteiger partial charge on any atom is 0.244 e. The molecule has 0 aliphatic carbocycles. The van der Waals surface area contributed by atoms with Crippen LogP contribution in [0.25, 0.3) is 0 Å². The molecule has 0 fully saturated rings. The van der Waals surface area contributed by atoms with Crippen molar-refractivity contribution in [2.24, 2.45) is 11.7 Å². The Morgan fingerprint density at radius 3 is 2.30 bits per heavy atom. The molecule has 0 bridgehead atoms. The predicted octanol–water partition coefficient (Wildman–Crippen LogP) is 2.13. The average Bonchev–Trinajstić information content (AvgIpc) is 2.47. The number of nitrogens with two attached hydrogens (primary N) is 1. The van der Waals surface area contributed by atoms with E-state index in [1.807, 2.05) is 13.8 Å². The second kappa shape index (κ2) is 8.57. The van der Waals surface area contributed by atoms with Gasteiger partial charge in [-0.1, -0.05) is 19.9 Å². The number of benzene rings is 1. The van der Waals surface area contributed by atoms with Crippen molar-refractivity contribution in [3.63, 3.8) is 0 Å². The summed E-state index contributed by atoms with van der Waals surface area (Å²) in [6.45, 7) is 5.55. The lowest BCUT2D eigenvalue weighted by Gasteiger charge is -2.24. The predicted molar refractivity (Wildman–Crippen MR) is 84.7 cm³/mol. The number of carbonyl (C=O) groups is 2. The quantitative estimate of drug-likeness (QED) is 0.805. The Hall–Kier alpha value is -2.02. The van der Waals surface area contributed by atoms with Crippen molar-refractivity contribution in [2.75, 3.05) is 18.4 Å². The van der Waals surface area contributed by atoms with Crippen molar-refractivity contribution in [3.05, 3.63) is 29.8 Å². The van der Waals surface area contributed by atoms with E-state index in [1.165, 1.54) is 11.0 Å². The van der Waals surface area contributed by atoms with Gasteiger partial charge in [-0.05, 0) is 31.4 Å². The maximum atomic E-state index is 13.5. The standard InChI is InChI=1S/C16H23F2N3O2/c1-4-21(16(23)13(19)8-10(2)3)9-14(22)20-15-11(17)6-5-7-12(15)18/h5-7,10,13H,4,8-9,19H2,1-3H3,(H,20,22)/t13-/m0/s1. The van der Waals surface area contributed by atoms with Crippen molar-refractivity contribution in [2.45, 2.75) is 33.2 Å². The number of rotatable bonds is 7. The van der Waals surface area contributed by atoms with Gasteiger partial charge in [0.25, 0.3) is 0 Å². The molecule has 3 N–H and O–H groups in total. The monoisotopic (exact) mass is 327 g/mol. The number of nitrogens with zero attached hydrogens (tertiary/aromatic N) is 1. The molecule has 1 rings (SSSR count). The first-order valence-corrected chi connectivity index (χ1v) is 7.54. The summed E-state index contributed by atoms with van der Waals surface area (Å²) >= 11 is 0. The minimum Gasteiger partial charge on any atom is -0.332 e. The van der Waals surface area contributed by atoms with Gasteiger partial charge in [-0.2, -0.15) is 0 Å². The van der Waals surface area contributed by atoms with Crippen LogP contribution in [0.4, 0.5) is 14.5 Å². The molecule has 0 radical (unpaired) electrons. The normalized spacial score (nSPS) is 12.1. The van der Waals surface area contributed by atoms with Crippen molar-refractivity contribution in [3.8, 4) is 0 Å². The second-order valence-corrected chi connectivity index (χ2v) is 5.73. The van der Waals surface area contributed by atoms with Crippen LogP contribution in [0, 0.1) is 17.6 Å². The number of halogens is 2. The molecule has 0 heterocycles. The molecule has 0 saturated carbocycles. The Morgan fingerprint density at radius 1 is 1.26 bits per heavy atom. The van der Waals surface area contributed by atoms with E-state index < -0.39 is 29.3 Å². The average molecular weight is 327 g/mol. The smallest absolute Gasteiger partial charge is 0.244 e. The van der Waals surface area contributed by atoms with Crippen molar-refractivity contribution >= 4 is 17.5 Å². The first-order chi connectivity index (χ1) is 10.8. The van der Waals surface area contributed by atoms with Gasteiger partial charge in [0.15, 0.2) is 0 Å². The van der Waals surface area contributed by atoms with Crippen molar-refractivity contribution in [1.82, 2.24) is 4.90 Å². The Bertz CT molecular complexity index is 544. The highest BCUT2D eigenvalue weighted by Gasteiger charge is 2.23. The molecule has 23 heavy (non-hydrogen) atoms. The molecule has 128 valence electrons. The zero-order valence-corrected chi connectivity index (χ0v) is 13.6. The zero-order valence-electron chi connectivity index (χ0n) is 13.6. The first-order valence-electron chi connectivity index (χ1n) is 7.54. The molecule has 1 aromatic carbocycles. The molecule has 0 aliphatic heterocycles. The first kappa shape index (κ1) is 19.0. The fourth-order valence-corrected chi connectivity index (χ4v) is 2.16. The van der Waals surface area contributed by atoms with Crippen LogP contribution in [-0.2, 0) is 9.59 Å². The van der Waals surface area contributed by atoms with Gasteiger partial charge in [-0.25, -0.2) is 8.78 Å². The van der Waals surface area contributed by atoms with E-state index in [2.05, 4.69) is 5.32 Å². The van der Waals surface area contributed by atoms with Crippen LogP contribution in [0.1, 0.15) is 27.2 Å². The van der Waals surface area contributed by atoms with E-state index in [0.717, 1.165) is 12.1 Å². The molecular formula is C16H23F2N3O2. The van der Waals surface area contributed by atoms with Gasteiger partial charge < -0.3 is 16.0 Å². The third kappa shape index (κ3) is 5.59. The highest BCUT2D eigenvalue weighted by Crippen LogP contribution is 2.17. The minimum absolute atomic E-state index is 0.244. The van der Waals surface area contributed by atoms with Crippen LogP contribution in [0.2, 0.25) is 0 Å². The highest BCUT2D eigenvalue weighted by atomic mass is 19.1. The fraction of sp³-hybridized carbons (Fsp3) is 0.500. The highest BCUT2D eigenvalue weighted by molar-refractivity contribution is 5.95. The Balaban J connectivity index is 2.72. The molecule has 0 saturated heterocycles. The molecule has 0 unspecified atom stereocenters. The summed E-state index contributed by atoms with van der Waals surface area (Å²) in [7, 11) is 0.